The quantitative estimate of drug-likeness (QED) is 0.754. The first kappa shape index (κ1) is 17.2. The minimum absolute atomic E-state index is 0.322. The fourth-order valence-corrected chi connectivity index (χ4v) is 1.84. The van der Waals surface area contributed by atoms with Gasteiger partial charge in [0.1, 0.15) is 12.5 Å². The molecule has 1 atom stereocenters. The maximum Gasteiger partial charge on any atom is 0.115 e. The van der Waals surface area contributed by atoms with Gasteiger partial charge in [-0.3, -0.25) is 0 Å². The lowest BCUT2D eigenvalue weighted by Gasteiger charge is -2.19. The summed E-state index contributed by atoms with van der Waals surface area (Å²) in [6.07, 6.45) is 6.17. The molecular formula is C17H24O2. The summed E-state index contributed by atoms with van der Waals surface area (Å²) >= 11 is 0. The third-order valence-electron chi connectivity index (χ3n) is 3.09. The number of aromatic hydroxyl groups is 1. The molecular weight excluding hydrogens is 236 g/mol. The van der Waals surface area contributed by atoms with Crippen molar-refractivity contribution in [2.45, 2.75) is 33.1 Å². The van der Waals surface area contributed by atoms with E-state index in [1.165, 1.54) is 24.8 Å². The smallest absolute Gasteiger partial charge is 0.115 e. The molecule has 2 nitrogen and oxygen atoms in total. The third kappa shape index (κ3) is 7.98. The standard InChI is InChI=1S/C10H16.C6H6O.CH2O/c1-8(2)10-6-4-9(3)5-7-10;7-6-4-2-1-3-5-6;1-2/h4,10H,1,5-7H2,2-3H3;1-5,7H;1H2. The Balaban J connectivity index is 0.000000316. The van der Waals surface area contributed by atoms with Crippen molar-refractivity contribution in [3.05, 3.63) is 54.1 Å². The molecule has 1 aliphatic rings. The Kier molecular flexibility index (Phi) is 9.15. The van der Waals surface area contributed by atoms with Crippen LogP contribution in [-0.4, -0.2) is 11.9 Å². The average molecular weight is 260 g/mol. The first-order valence-corrected chi connectivity index (χ1v) is 6.43. The summed E-state index contributed by atoms with van der Waals surface area (Å²) in [5, 5.41) is 8.63. The van der Waals surface area contributed by atoms with Crippen molar-refractivity contribution >= 4 is 6.79 Å². The molecule has 1 aliphatic carbocycles. The molecule has 0 aromatic heterocycles. The number of rotatable bonds is 1. The number of benzene rings is 1. The Morgan fingerprint density at radius 1 is 1.26 bits per heavy atom. The molecule has 0 spiro atoms. The summed E-state index contributed by atoms with van der Waals surface area (Å²) in [5.74, 6) is 1.09. The van der Waals surface area contributed by atoms with E-state index in [4.69, 9.17) is 9.90 Å². The molecule has 0 amide bonds. The molecule has 0 saturated heterocycles. The zero-order valence-corrected chi connectivity index (χ0v) is 11.9. The van der Waals surface area contributed by atoms with Crippen LogP contribution in [0.1, 0.15) is 33.1 Å². The number of allylic oxidation sites excluding steroid dienone is 3. The van der Waals surface area contributed by atoms with Crippen LogP contribution in [0.2, 0.25) is 0 Å². The highest BCUT2D eigenvalue weighted by Crippen LogP contribution is 2.27. The van der Waals surface area contributed by atoms with Crippen LogP contribution in [0, 0.1) is 5.92 Å². The van der Waals surface area contributed by atoms with Crippen molar-refractivity contribution in [1.29, 1.82) is 0 Å². The molecule has 1 aromatic rings. The monoisotopic (exact) mass is 260 g/mol. The second-order valence-electron chi connectivity index (χ2n) is 4.70. The van der Waals surface area contributed by atoms with Gasteiger partial charge in [0.15, 0.2) is 0 Å². The van der Waals surface area contributed by atoms with Gasteiger partial charge < -0.3 is 9.90 Å². The Morgan fingerprint density at radius 3 is 2.16 bits per heavy atom. The van der Waals surface area contributed by atoms with E-state index >= 15 is 0 Å². The van der Waals surface area contributed by atoms with Crippen molar-refractivity contribution in [1.82, 2.24) is 0 Å². The molecule has 0 radical (unpaired) electrons. The fourth-order valence-electron chi connectivity index (χ4n) is 1.84. The van der Waals surface area contributed by atoms with E-state index in [1.54, 1.807) is 29.8 Å². The summed E-state index contributed by atoms with van der Waals surface area (Å²) in [4.78, 5) is 8.00. The van der Waals surface area contributed by atoms with Gasteiger partial charge in [-0.25, -0.2) is 0 Å². The highest BCUT2D eigenvalue weighted by Gasteiger charge is 2.11. The van der Waals surface area contributed by atoms with Crippen LogP contribution in [0.5, 0.6) is 5.75 Å². The van der Waals surface area contributed by atoms with Crippen LogP contribution in [0.4, 0.5) is 0 Å². The fraction of sp³-hybridized carbons (Fsp3) is 0.353. The number of hydrogen-bond donors (Lipinski definition) is 1. The van der Waals surface area contributed by atoms with E-state index in [-0.39, 0.29) is 0 Å². The highest BCUT2D eigenvalue weighted by atomic mass is 16.3. The van der Waals surface area contributed by atoms with Gasteiger partial charge in [-0.05, 0) is 51.2 Å². The zero-order valence-electron chi connectivity index (χ0n) is 11.9. The van der Waals surface area contributed by atoms with Gasteiger partial charge in [0, 0.05) is 0 Å². The molecule has 0 aliphatic heterocycles. The van der Waals surface area contributed by atoms with Crippen molar-refractivity contribution in [2.24, 2.45) is 5.92 Å². The number of hydrogen-bond acceptors (Lipinski definition) is 2. The first-order valence-electron chi connectivity index (χ1n) is 6.43. The summed E-state index contributed by atoms with van der Waals surface area (Å²) in [7, 11) is 0. The number of carbonyl (C=O) groups excluding carboxylic acids is 1. The van der Waals surface area contributed by atoms with E-state index in [0.29, 0.717) is 5.75 Å². The predicted octanol–water partition coefficient (Wildman–Crippen LogP) is 4.52. The lowest BCUT2D eigenvalue weighted by Crippen LogP contribution is -2.04. The van der Waals surface area contributed by atoms with Gasteiger partial charge in [-0.1, -0.05) is 42.0 Å². The molecule has 0 bridgehead atoms. The summed E-state index contributed by atoms with van der Waals surface area (Å²) in [6.45, 7) is 10.3. The minimum atomic E-state index is 0.322. The van der Waals surface area contributed by atoms with Crippen LogP contribution >= 0.6 is 0 Å². The van der Waals surface area contributed by atoms with E-state index in [1.807, 2.05) is 12.9 Å². The van der Waals surface area contributed by atoms with Gasteiger partial charge in [0.05, 0.1) is 0 Å². The minimum Gasteiger partial charge on any atom is -0.508 e. The molecule has 2 rings (SSSR count). The summed E-state index contributed by atoms with van der Waals surface area (Å²) in [5.41, 5.74) is 2.90. The number of phenolic OH excluding ortho intramolecular Hbond substituents is 1. The molecule has 19 heavy (non-hydrogen) atoms. The maximum absolute atomic E-state index is 8.63. The van der Waals surface area contributed by atoms with Gasteiger partial charge in [-0.2, -0.15) is 0 Å². The molecule has 0 fully saturated rings. The lowest BCUT2D eigenvalue weighted by molar-refractivity contribution is -0.0979. The van der Waals surface area contributed by atoms with E-state index in [9.17, 15) is 0 Å². The Hall–Kier alpha value is -1.83. The number of carbonyl (C=O) groups is 1. The first-order chi connectivity index (χ1) is 9.09. The second-order valence-corrected chi connectivity index (χ2v) is 4.70. The molecule has 0 heterocycles. The lowest BCUT2D eigenvalue weighted by atomic mass is 9.86. The van der Waals surface area contributed by atoms with Crippen LogP contribution in [0.3, 0.4) is 0 Å². The topological polar surface area (TPSA) is 37.3 Å². The Bertz CT molecular complexity index is 393. The predicted molar refractivity (Wildman–Crippen MR) is 81.1 cm³/mol. The van der Waals surface area contributed by atoms with Gasteiger partial charge in [0.25, 0.3) is 0 Å². The molecule has 2 heteroatoms. The molecule has 104 valence electrons. The maximum atomic E-state index is 8.63. The van der Waals surface area contributed by atoms with E-state index < -0.39 is 0 Å². The van der Waals surface area contributed by atoms with Crippen LogP contribution in [0.15, 0.2) is 54.1 Å². The SMILES string of the molecule is C=C(C)C1CC=C(C)CC1.C=O.Oc1ccccc1. The third-order valence-corrected chi connectivity index (χ3v) is 3.09. The van der Waals surface area contributed by atoms with E-state index in [2.05, 4.69) is 26.5 Å². The summed E-state index contributed by atoms with van der Waals surface area (Å²) < 4.78 is 0. The molecule has 0 saturated carbocycles. The van der Waals surface area contributed by atoms with Crippen LogP contribution in [0.25, 0.3) is 0 Å². The van der Waals surface area contributed by atoms with E-state index in [0.717, 1.165) is 5.92 Å². The largest absolute Gasteiger partial charge is 0.508 e. The van der Waals surface area contributed by atoms with Crippen molar-refractivity contribution in [3.8, 4) is 5.75 Å². The van der Waals surface area contributed by atoms with Crippen molar-refractivity contribution < 1.29 is 9.90 Å². The van der Waals surface area contributed by atoms with Gasteiger partial charge in [0.2, 0.25) is 0 Å². The summed E-state index contributed by atoms with van der Waals surface area (Å²) in [6, 6.07) is 8.71. The molecule has 1 aromatic carbocycles. The van der Waals surface area contributed by atoms with Gasteiger partial charge >= 0.3 is 0 Å². The van der Waals surface area contributed by atoms with Crippen LogP contribution in [-0.2, 0) is 4.79 Å². The number of para-hydroxylation sites is 1. The van der Waals surface area contributed by atoms with Gasteiger partial charge in [-0.15, -0.1) is 0 Å². The zero-order chi connectivity index (χ0) is 14.7. The van der Waals surface area contributed by atoms with Crippen LogP contribution < -0.4 is 0 Å². The normalized spacial score (nSPS) is 16.9. The second kappa shape index (κ2) is 10.1. The van der Waals surface area contributed by atoms with Crippen molar-refractivity contribution in [2.75, 3.05) is 0 Å². The highest BCUT2D eigenvalue weighted by molar-refractivity contribution is 5.18. The number of phenols is 1. The average Bonchev–Trinajstić information content (AvgIpc) is 2.43. The molecule has 1 unspecified atom stereocenters. The van der Waals surface area contributed by atoms with Crippen molar-refractivity contribution in [3.63, 3.8) is 0 Å². The molecule has 1 N–H and O–H groups in total. The Morgan fingerprint density at radius 2 is 1.84 bits per heavy atom. The Labute approximate surface area is 116 Å².